The molecule has 0 spiro atoms. The number of aromatic nitrogens is 3. The van der Waals surface area contributed by atoms with Gasteiger partial charge < -0.3 is 15.7 Å². The normalized spacial score (nSPS) is 16.7. The number of fused-ring (bicyclic) bond motifs is 1. The Balaban J connectivity index is 0.000000687. The topological polar surface area (TPSA) is 91.5 Å². The minimum atomic E-state index is -0.250. The average Bonchev–Trinajstić information content (AvgIpc) is 3.53. The van der Waals surface area contributed by atoms with Crippen molar-refractivity contribution in [3.8, 4) is 0 Å². The summed E-state index contributed by atoms with van der Waals surface area (Å²) >= 11 is 1.92. The first kappa shape index (κ1) is 20.7. The lowest BCUT2D eigenvalue weighted by Gasteiger charge is -2.22. The zero-order chi connectivity index (χ0) is 20.8. The van der Waals surface area contributed by atoms with E-state index < -0.39 is 0 Å². The highest BCUT2D eigenvalue weighted by atomic mass is 32.2. The number of nitrogens with zero attached hydrogens (tertiary/aromatic N) is 3. The third-order valence-electron chi connectivity index (χ3n) is 5.37. The fourth-order valence-corrected chi connectivity index (χ4v) is 4.83. The molecule has 3 heterocycles. The first-order valence-corrected chi connectivity index (χ1v) is 11.3. The van der Waals surface area contributed by atoms with E-state index in [1.165, 1.54) is 36.9 Å². The second kappa shape index (κ2) is 9.95. The number of piperidine rings is 1. The predicted octanol–water partition coefficient (Wildman–Crippen LogP) is 3.76. The molecule has 1 aromatic carbocycles. The first-order chi connectivity index (χ1) is 14.8. The highest BCUT2D eigenvalue weighted by molar-refractivity contribution is 7.99. The van der Waals surface area contributed by atoms with E-state index in [2.05, 4.69) is 45.5 Å². The van der Waals surface area contributed by atoms with Gasteiger partial charge in [0.25, 0.3) is 6.47 Å². The van der Waals surface area contributed by atoms with Crippen molar-refractivity contribution in [2.45, 2.75) is 48.4 Å². The molecule has 2 aliphatic rings. The Kier molecular flexibility index (Phi) is 6.86. The largest absolute Gasteiger partial charge is 0.483 e. The number of nitrogens with one attached hydrogen (secondary N) is 2. The number of benzene rings is 1. The van der Waals surface area contributed by atoms with E-state index >= 15 is 0 Å². The molecular weight excluding hydrogens is 398 g/mol. The van der Waals surface area contributed by atoms with Crippen LogP contribution >= 0.6 is 11.8 Å². The van der Waals surface area contributed by atoms with Crippen LogP contribution in [0, 0.1) is 0 Å². The molecular formula is C22H27N5O2S. The maximum atomic E-state index is 8.36. The van der Waals surface area contributed by atoms with E-state index in [9.17, 15) is 0 Å². The maximum Gasteiger partial charge on any atom is 0.290 e. The lowest BCUT2D eigenvalue weighted by atomic mass is 10.2. The van der Waals surface area contributed by atoms with Gasteiger partial charge in [-0.1, -0.05) is 30.3 Å². The maximum absolute atomic E-state index is 8.36. The van der Waals surface area contributed by atoms with E-state index in [0.717, 1.165) is 36.1 Å². The number of anilines is 1. The fourth-order valence-electron chi connectivity index (χ4n) is 3.71. The molecule has 0 unspecified atom stereocenters. The summed E-state index contributed by atoms with van der Waals surface area (Å²) in [5.74, 6) is 1.56. The van der Waals surface area contributed by atoms with Gasteiger partial charge >= 0.3 is 0 Å². The van der Waals surface area contributed by atoms with Crippen LogP contribution in [-0.4, -0.2) is 44.3 Å². The molecule has 0 atom stereocenters. The molecule has 2 aromatic heterocycles. The Bertz CT molecular complexity index is 968. The van der Waals surface area contributed by atoms with Gasteiger partial charge in [0.2, 0.25) is 0 Å². The van der Waals surface area contributed by atoms with Crippen molar-refractivity contribution in [1.82, 2.24) is 19.7 Å². The van der Waals surface area contributed by atoms with Crippen LogP contribution < -0.4 is 10.6 Å². The van der Waals surface area contributed by atoms with Crippen molar-refractivity contribution in [2.24, 2.45) is 0 Å². The van der Waals surface area contributed by atoms with Gasteiger partial charge in [0, 0.05) is 35.8 Å². The molecule has 5 rings (SSSR count). The molecule has 1 saturated carbocycles. The van der Waals surface area contributed by atoms with Crippen LogP contribution in [0.4, 0.5) is 5.82 Å². The number of carboxylic acid groups (broad SMARTS) is 1. The number of hydrogen-bond acceptors (Lipinski definition) is 6. The minimum absolute atomic E-state index is 0.250. The monoisotopic (exact) mass is 425 g/mol. The molecule has 3 aromatic rings. The third kappa shape index (κ3) is 5.12. The molecule has 0 bridgehead atoms. The van der Waals surface area contributed by atoms with Crippen LogP contribution in [0.1, 0.15) is 42.9 Å². The van der Waals surface area contributed by atoms with Crippen LogP contribution in [-0.2, 0) is 11.3 Å². The Morgan fingerprint density at radius 2 is 1.93 bits per heavy atom. The number of carbonyl (C=O) groups is 1. The molecule has 0 radical (unpaired) electrons. The Morgan fingerprint density at radius 3 is 2.63 bits per heavy atom. The quantitative estimate of drug-likeness (QED) is 0.518. The molecule has 1 aliphatic carbocycles. The molecule has 158 valence electrons. The van der Waals surface area contributed by atoms with Crippen LogP contribution in [0.3, 0.4) is 0 Å². The van der Waals surface area contributed by atoms with Gasteiger partial charge in [-0.05, 0) is 44.3 Å². The van der Waals surface area contributed by atoms with Crippen molar-refractivity contribution in [1.29, 1.82) is 0 Å². The minimum Gasteiger partial charge on any atom is -0.483 e. The molecule has 1 saturated heterocycles. The lowest BCUT2D eigenvalue weighted by Crippen LogP contribution is -2.29. The highest BCUT2D eigenvalue weighted by Gasteiger charge is 2.28. The Hall–Kier alpha value is -2.58. The average molecular weight is 426 g/mol. The number of rotatable bonds is 6. The van der Waals surface area contributed by atoms with Crippen molar-refractivity contribution >= 4 is 29.7 Å². The summed E-state index contributed by atoms with van der Waals surface area (Å²) in [6, 6.07) is 10.5. The van der Waals surface area contributed by atoms with Gasteiger partial charge in [0.15, 0.2) is 11.5 Å². The summed E-state index contributed by atoms with van der Waals surface area (Å²) < 4.78 is 2.28. The Morgan fingerprint density at radius 1 is 1.20 bits per heavy atom. The van der Waals surface area contributed by atoms with E-state index in [-0.39, 0.29) is 6.47 Å². The molecule has 30 heavy (non-hydrogen) atoms. The fraction of sp³-hybridized carbons (Fsp3) is 0.409. The predicted molar refractivity (Wildman–Crippen MR) is 119 cm³/mol. The summed E-state index contributed by atoms with van der Waals surface area (Å²) in [4.78, 5) is 18.0. The van der Waals surface area contributed by atoms with Crippen LogP contribution in [0.5, 0.6) is 0 Å². The molecule has 3 N–H and O–H groups in total. The van der Waals surface area contributed by atoms with Crippen LogP contribution in [0.15, 0.2) is 47.8 Å². The summed E-state index contributed by atoms with van der Waals surface area (Å²) in [6.45, 7) is 2.73. The van der Waals surface area contributed by atoms with Gasteiger partial charge in [-0.2, -0.15) is 0 Å². The number of hydrogen-bond donors (Lipinski definition) is 3. The van der Waals surface area contributed by atoms with E-state index in [1.807, 2.05) is 24.0 Å². The van der Waals surface area contributed by atoms with Gasteiger partial charge in [-0.25, -0.2) is 9.97 Å². The SMILES string of the molecule is O=CO.c1ccc(CNc2nc(SC3CCNCC3)cn3c(C4CC4)cnc23)cc1. The summed E-state index contributed by atoms with van der Waals surface area (Å²) in [6.07, 6.45) is 9.21. The zero-order valence-electron chi connectivity index (χ0n) is 16.8. The van der Waals surface area contributed by atoms with Gasteiger partial charge in [-0.3, -0.25) is 9.20 Å². The summed E-state index contributed by atoms with van der Waals surface area (Å²) in [7, 11) is 0. The standard InChI is InChI=1S/C21H25N5S.CH2O2/c1-2-4-15(5-3-1)12-23-20-21-24-13-18(16-6-7-16)26(21)14-19(25-20)27-17-8-10-22-11-9-17;2-1-3/h1-5,13-14,16-17,22H,6-12H2,(H,23,25);1H,(H,2,3). The van der Waals surface area contributed by atoms with Gasteiger partial charge in [0.1, 0.15) is 5.03 Å². The lowest BCUT2D eigenvalue weighted by molar-refractivity contribution is -0.122. The van der Waals surface area contributed by atoms with E-state index in [0.29, 0.717) is 11.2 Å². The zero-order valence-corrected chi connectivity index (χ0v) is 17.6. The highest BCUT2D eigenvalue weighted by Crippen LogP contribution is 2.41. The van der Waals surface area contributed by atoms with Crippen molar-refractivity contribution in [3.05, 3.63) is 54.0 Å². The molecule has 8 heteroatoms. The Labute approximate surface area is 180 Å². The van der Waals surface area contributed by atoms with Crippen molar-refractivity contribution in [3.63, 3.8) is 0 Å². The number of imidazole rings is 1. The molecule has 0 amide bonds. The summed E-state index contributed by atoms with van der Waals surface area (Å²) in [5, 5.41) is 15.6. The molecule has 1 aliphatic heterocycles. The van der Waals surface area contributed by atoms with Gasteiger partial charge in [0.05, 0.1) is 0 Å². The third-order valence-corrected chi connectivity index (χ3v) is 6.61. The first-order valence-electron chi connectivity index (χ1n) is 10.4. The number of thioether (sulfide) groups is 1. The second-order valence-corrected chi connectivity index (χ2v) is 8.91. The molecule has 7 nitrogen and oxygen atoms in total. The van der Waals surface area contributed by atoms with E-state index in [4.69, 9.17) is 19.9 Å². The second-order valence-electron chi connectivity index (χ2n) is 7.59. The van der Waals surface area contributed by atoms with Crippen molar-refractivity contribution in [2.75, 3.05) is 18.4 Å². The van der Waals surface area contributed by atoms with Crippen molar-refractivity contribution < 1.29 is 9.90 Å². The summed E-state index contributed by atoms with van der Waals surface area (Å²) in [5.41, 5.74) is 3.53. The van der Waals surface area contributed by atoms with Gasteiger partial charge in [-0.15, -0.1) is 11.8 Å². The molecule has 2 fully saturated rings. The smallest absolute Gasteiger partial charge is 0.290 e. The van der Waals surface area contributed by atoms with Crippen LogP contribution in [0.25, 0.3) is 5.65 Å². The van der Waals surface area contributed by atoms with Crippen LogP contribution in [0.2, 0.25) is 0 Å². The van der Waals surface area contributed by atoms with E-state index in [1.54, 1.807) is 0 Å².